The third-order valence-corrected chi connectivity index (χ3v) is 4.78. The second-order valence-electron chi connectivity index (χ2n) is 7.15. The van der Waals surface area contributed by atoms with Crippen LogP contribution in [0.4, 0.5) is 0 Å². The number of hydrogen-bond donors (Lipinski definition) is 1. The van der Waals surface area contributed by atoms with Gasteiger partial charge in [0.15, 0.2) is 5.96 Å². The average Bonchev–Trinajstić information content (AvgIpc) is 2.88. The smallest absolute Gasteiger partial charge is 0.257 e. The van der Waals surface area contributed by atoms with Crippen LogP contribution in [-0.4, -0.2) is 28.3 Å². The molecule has 2 aliphatic carbocycles. The van der Waals surface area contributed by atoms with E-state index in [0.717, 1.165) is 32.1 Å². The Morgan fingerprint density at radius 3 is 2.90 bits per heavy atom. The van der Waals surface area contributed by atoms with E-state index in [1.165, 1.54) is 11.1 Å². The highest BCUT2D eigenvalue weighted by atomic mass is 16.2. The van der Waals surface area contributed by atoms with E-state index in [1.807, 2.05) is 6.92 Å². The number of guanidine groups is 1. The molecule has 2 atom stereocenters. The van der Waals surface area contributed by atoms with Crippen molar-refractivity contribution < 1.29 is 4.79 Å². The Kier molecular flexibility index (Phi) is 3.42. The second-order valence-corrected chi connectivity index (χ2v) is 7.15. The molecule has 0 spiro atoms. The lowest BCUT2D eigenvalue weighted by molar-refractivity contribution is -0.132. The molecular weight excluding hydrogens is 262 g/mol. The molecule has 4 heteroatoms. The standard InChI is InChI=1S/C17H25N3O/c1-11(2)10-17(3)15(21)20(16(18)19-17)14-8-12-6-4-5-7-13(12)9-14/h4,6,11,14H,5,7-10H2,1-3H3,(H2,18,19). The van der Waals surface area contributed by atoms with Crippen LogP contribution in [0.3, 0.4) is 0 Å². The summed E-state index contributed by atoms with van der Waals surface area (Å²) in [5, 5.41) is 0. The van der Waals surface area contributed by atoms with E-state index in [9.17, 15) is 4.79 Å². The number of nitrogens with two attached hydrogens (primary N) is 1. The number of aliphatic imine (C=N–C) groups is 1. The Bertz CT molecular complexity index is 558. The van der Waals surface area contributed by atoms with Gasteiger partial charge in [0.1, 0.15) is 5.54 Å². The van der Waals surface area contributed by atoms with Gasteiger partial charge in [-0.05, 0) is 50.5 Å². The molecule has 0 radical (unpaired) electrons. The Morgan fingerprint density at radius 2 is 2.24 bits per heavy atom. The Morgan fingerprint density at radius 1 is 1.48 bits per heavy atom. The number of amides is 1. The molecule has 3 rings (SSSR count). The van der Waals surface area contributed by atoms with Crippen molar-refractivity contribution in [1.82, 2.24) is 4.90 Å². The predicted molar refractivity (Wildman–Crippen MR) is 84.8 cm³/mol. The summed E-state index contributed by atoms with van der Waals surface area (Å²) < 4.78 is 0. The average molecular weight is 287 g/mol. The number of allylic oxidation sites excluding steroid dienone is 2. The van der Waals surface area contributed by atoms with Gasteiger partial charge in [-0.3, -0.25) is 9.69 Å². The van der Waals surface area contributed by atoms with Gasteiger partial charge in [-0.25, -0.2) is 4.99 Å². The van der Waals surface area contributed by atoms with Gasteiger partial charge in [-0.15, -0.1) is 0 Å². The van der Waals surface area contributed by atoms with Crippen molar-refractivity contribution in [1.29, 1.82) is 0 Å². The minimum atomic E-state index is -0.669. The summed E-state index contributed by atoms with van der Waals surface area (Å²) in [5.41, 5.74) is 8.35. The zero-order chi connectivity index (χ0) is 15.2. The summed E-state index contributed by atoms with van der Waals surface area (Å²) >= 11 is 0. The van der Waals surface area contributed by atoms with Gasteiger partial charge in [-0.2, -0.15) is 0 Å². The third-order valence-electron chi connectivity index (χ3n) is 4.78. The maximum absolute atomic E-state index is 12.9. The first-order chi connectivity index (χ1) is 9.90. The summed E-state index contributed by atoms with van der Waals surface area (Å²) in [5.74, 6) is 0.924. The lowest BCUT2D eigenvalue weighted by Gasteiger charge is -2.28. The monoisotopic (exact) mass is 287 g/mol. The molecule has 0 saturated heterocycles. The molecule has 2 N–H and O–H groups in total. The van der Waals surface area contributed by atoms with Gasteiger partial charge in [0.25, 0.3) is 5.91 Å². The zero-order valence-corrected chi connectivity index (χ0v) is 13.2. The quantitative estimate of drug-likeness (QED) is 0.867. The highest BCUT2D eigenvalue weighted by Crippen LogP contribution is 2.39. The van der Waals surface area contributed by atoms with E-state index in [-0.39, 0.29) is 11.9 Å². The molecular formula is C17H25N3O. The first-order valence-corrected chi connectivity index (χ1v) is 7.97. The molecule has 0 aromatic rings. The van der Waals surface area contributed by atoms with Gasteiger partial charge < -0.3 is 5.73 Å². The minimum absolute atomic E-state index is 0.0857. The fourth-order valence-electron chi connectivity index (χ4n) is 4.00. The number of rotatable bonds is 3. The van der Waals surface area contributed by atoms with Crippen molar-refractivity contribution in [3.8, 4) is 0 Å². The van der Waals surface area contributed by atoms with Crippen LogP contribution in [0.1, 0.15) is 52.9 Å². The van der Waals surface area contributed by atoms with E-state index in [0.29, 0.717) is 11.9 Å². The van der Waals surface area contributed by atoms with E-state index in [1.54, 1.807) is 4.90 Å². The highest BCUT2D eigenvalue weighted by molar-refractivity contribution is 6.07. The lowest BCUT2D eigenvalue weighted by atomic mass is 9.90. The van der Waals surface area contributed by atoms with Crippen LogP contribution in [0.5, 0.6) is 0 Å². The summed E-state index contributed by atoms with van der Waals surface area (Å²) in [4.78, 5) is 19.2. The van der Waals surface area contributed by atoms with Crippen LogP contribution in [0.15, 0.2) is 28.3 Å². The first-order valence-electron chi connectivity index (χ1n) is 7.97. The summed E-state index contributed by atoms with van der Waals surface area (Å²) in [6.45, 7) is 6.16. The predicted octanol–water partition coefficient (Wildman–Crippen LogP) is 2.76. The molecule has 1 heterocycles. The third kappa shape index (κ3) is 2.41. The van der Waals surface area contributed by atoms with E-state index < -0.39 is 5.54 Å². The molecule has 0 aromatic carbocycles. The summed E-state index contributed by atoms with van der Waals surface area (Å²) in [6, 6.07) is 0.169. The van der Waals surface area contributed by atoms with Crippen LogP contribution in [0, 0.1) is 5.92 Å². The molecule has 0 bridgehead atoms. The van der Waals surface area contributed by atoms with Gasteiger partial charge in [0.05, 0.1) is 0 Å². The fraction of sp³-hybridized carbons (Fsp3) is 0.647. The van der Waals surface area contributed by atoms with Gasteiger partial charge >= 0.3 is 0 Å². The van der Waals surface area contributed by atoms with E-state index in [2.05, 4.69) is 31.0 Å². The van der Waals surface area contributed by atoms with E-state index in [4.69, 9.17) is 5.73 Å². The number of carbonyl (C=O) groups excluding carboxylic acids is 1. The second kappa shape index (κ2) is 5.00. The number of nitrogens with zero attached hydrogens (tertiary/aromatic N) is 2. The molecule has 4 nitrogen and oxygen atoms in total. The van der Waals surface area contributed by atoms with Crippen molar-refractivity contribution in [3.63, 3.8) is 0 Å². The summed E-state index contributed by atoms with van der Waals surface area (Å²) in [7, 11) is 0. The number of carbonyl (C=O) groups is 1. The molecule has 21 heavy (non-hydrogen) atoms. The fourth-order valence-corrected chi connectivity index (χ4v) is 4.00. The van der Waals surface area contributed by atoms with Crippen molar-refractivity contribution in [3.05, 3.63) is 23.3 Å². The van der Waals surface area contributed by atoms with Crippen LogP contribution in [-0.2, 0) is 4.79 Å². The Hall–Kier alpha value is -1.58. The Labute approximate surface area is 126 Å². The maximum Gasteiger partial charge on any atom is 0.257 e. The zero-order valence-electron chi connectivity index (χ0n) is 13.2. The molecule has 114 valence electrons. The molecule has 0 aromatic heterocycles. The minimum Gasteiger partial charge on any atom is -0.369 e. The van der Waals surface area contributed by atoms with Crippen molar-refractivity contribution in [2.24, 2.45) is 16.6 Å². The Balaban J connectivity index is 1.78. The van der Waals surface area contributed by atoms with Gasteiger partial charge in [0.2, 0.25) is 0 Å². The normalized spacial score (nSPS) is 32.2. The first kappa shape index (κ1) is 14.4. The topological polar surface area (TPSA) is 58.7 Å². The van der Waals surface area contributed by atoms with Crippen LogP contribution >= 0.6 is 0 Å². The molecule has 0 fully saturated rings. The molecule has 3 aliphatic rings. The highest BCUT2D eigenvalue weighted by Gasteiger charge is 2.47. The van der Waals surface area contributed by atoms with Crippen LogP contribution in [0.25, 0.3) is 0 Å². The largest absolute Gasteiger partial charge is 0.369 e. The van der Waals surface area contributed by atoms with Crippen molar-refractivity contribution in [2.45, 2.75) is 64.5 Å². The van der Waals surface area contributed by atoms with Gasteiger partial charge in [-0.1, -0.05) is 31.6 Å². The lowest BCUT2D eigenvalue weighted by Crippen LogP contribution is -2.48. The summed E-state index contributed by atoms with van der Waals surface area (Å²) in [6.07, 6.45) is 9.33. The molecule has 1 amide bonds. The van der Waals surface area contributed by atoms with Crippen molar-refractivity contribution >= 4 is 11.9 Å². The maximum atomic E-state index is 12.9. The van der Waals surface area contributed by atoms with Gasteiger partial charge in [0, 0.05) is 6.04 Å². The molecule has 1 aliphatic heterocycles. The van der Waals surface area contributed by atoms with Crippen LogP contribution in [0.2, 0.25) is 0 Å². The van der Waals surface area contributed by atoms with E-state index >= 15 is 0 Å². The molecule has 0 saturated carbocycles. The van der Waals surface area contributed by atoms with Crippen LogP contribution < -0.4 is 5.73 Å². The number of hydrogen-bond acceptors (Lipinski definition) is 3. The van der Waals surface area contributed by atoms with Crippen molar-refractivity contribution in [2.75, 3.05) is 0 Å². The SMILES string of the molecule is CC(C)CC1(C)N=C(N)N(C2CC3=C(CCC=C3)C2)C1=O. The molecule has 2 unspecified atom stereocenters.